The third kappa shape index (κ3) is 3.67. The van der Waals surface area contributed by atoms with Gasteiger partial charge in [-0.3, -0.25) is 4.79 Å². The monoisotopic (exact) mass is 296 g/mol. The van der Waals surface area contributed by atoms with Crippen LogP contribution in [0.1, 0.15) is 35.3 Å². The second-order valence-corrected chi connectivity index (χ2v) is 6.54. The lowest BCUT2D eigenvalue weighted by molar-refractivity contribution is 0.0768. The molecule has 2 rings (SSSR count). The number of likely N-dealkylation sites (N-methyl/N-ethyl adjacent to an activating group) is 1. The molecule has 116 valence electrons. The highest BCUT2D eigenvalue weighted by molar-refractivity contribution is 5.94. The van der Waals surface area contributed by atoms with Gasteiger partial charge in [0.2, 0.25) is 0 Å². The first kappa shape index (κ1) is 16.1. The van der Waals surface area contributed by atoms with Crippen molar-refractivity contribution in [3.05, 3.63) is 65.2 Å². The Kier molecular flexibility index (Phi) is 4.55. The number of nitrogen functional groups attached to an aromatic ring is 1. The summed E-state index contributed by atoms with van der Waals surface area (Å²) in [5.74, 6) is -0.00696. The summed E-state index contributed by atoms with van der Waals surface area (Å²) in [6.45, 7) is 7.03. The van der Waals surface area contributed by atoms with E-state index in [1.54, 1.807) is 23.1 Å². The molecule has 3 nitrogen and oxygen atoms in total. The van der Waals surface area contributed by atoms with Gasteiger partial charge in [-0.15, -0.1) is 0 Å². The van der Waals surface area contributed by atoms with Crippen molar-refractivity contribution in [2.24, 2.45) is 0 Å². The minimum Gasteiger partial charge on any atom is -0.399 e. The molecule has 22 heavy (non-hydrogen) atoms. The first-order valence-electron chi connectivity index (χ1n) is 7.48. The van der Waals surface area contributed by atoms with Crippen LogP contribution in [0.2, 0.25) is 0 Å². The predicted octanol–water partition coefficient (Wildman–Crippen LogP) is 3.63. The summed E-state index contributed by atoms with van der Waals surface area (Å²) in [5.41, 5.74) is 9.35. The van der Waals surface area contributed by atoms with Crippen LogP contribution in [0.4, 0.5) is 5.69 Å². The van der Waals surface area contributed by atoms with Gasteiger partial charge in [-0.05, 0) is 30.7 Å². The molecule has 0 bridgehead atoms. The second kappa shape index (κ2) is 6.22. The second-order valence-electron chi connectivity index (χ2n) is 6.54. The van der Waals surface area contributed by atoms with E-state index in [0.717, 1.165) is 0 Å². The SMILES string of the molecule is Cc1ccc(C(C)(C)CN(C)C(=O)c2cccc(N)c2)cc1. The fraction of sp³-hybridized carbons (Fsp3) is 0.316. The third-order valence-corrected chi connectivity index (χ3v) is 3.95. The van der Waals surface area contributed by atoms with Crippen LogP contribution >= 0.6 is 0 Å². The minimum atomic E-state index is -0.113. The van der Waals surface area contributed by atoms with Crippen molar-refractivity contribution >= 4 is 11.6 Å². The molecule has 0 aliphatic carbocycles. The molecule has 0 fully saturated rings. The molecular formula is C19H24N2O. The van der Waals surface area contributed by atoms with E-state index in [1.807, 2.05) is 13.1 Å². The molecule has 1 amide bonds. The van der Waals surface area contributed by atoms with Gasteiger partial charge in [-0.25, -0.2) is 0 Å². The number of aryl methyl sites for hydroxylation is 1. The van der Waals surface area contributed by atoms with Gasteiger partial charge in [0, 0.05) is 30.3 Å². The van der Waals surface area contributed by atoms with Gasteiger partial charge in [0.1, 0.15) is 0 Å². The Morgan fingerprint density at radius 1 is 1.14 bits per heavy atom. The number of carbonyl (C=O) groups excluding carboxylic acids is 1. The molecule has 0 radical (unpaired) electrons. The van der Waals surface area contributed by atoms with Crippen LogP contribution in [0.15, 0.2) is 48.5 Å². The maximum atomic E-state index is 12.5. The maximum absolute atomic E-state index is 12.5. The number of benzene rings is 2. The summed E-state index contributed by atoms with van der Waals surface area (Å²) in [7, 11) is 1.83. The molecule has 0 aromatic heterocycles. The van der Waals surface area contributed by atoms with Crippen molar-refractivity contribution < 1.29 is 4.79 Å². The molecule has 0 unspecified atom stereocenters. The van der Waals surface area contributed by atoms with Crippen molar-refractivity contribution in [1.82, 2.24) is 4.90 Å². The van der Waals surface area contributed by atoms with Crippen LogP contribution in [-0.2, 0) is 5.41 Å². The molecule has 2 aromatic carbocycles. The lowest BCUT2D eigenvalue weighted by Gasteiger charge is -2.31. The van der Waals surface area contributed by atoms with E-state index in [4.69, 9.17) is 5.73 Å². The molecule has 0 spiro atoms. The Balaban J connectivity index is 2.14. The van der Waals surface area contributed by atoms with Crippen molar-refractivity contribution in [3.63, 3.8) is 0 Å². The maximum Gasteiger partial charge on any atom is 0.253 e. The number of hydrogen-bond donors (Lipinski definition) is 1. The quantitative estimate of drug-likeness (QED) is 0.876. The first-order chi connectivity index (χ1) is 10.3. The molecular weight excluding hydrogens is 272 g/mol. The Hall–Kier alpha value is -2.29. The van der Waals surface area contributed by atoms with Crippen molar-refractivity contribution in [2.45, 2.75) is 26.2 Å². The lowest BCUT2D eigenvalue weighted by atomic mass is 9.83. The van der Waals surface area contributed by atoms with E-state index in [2.05, 4.69) is 45.0 Å². The average Bonchev–Trinajstić information content (AvgIpc) is 2.46. The predicted molar refractivity (Wildman–Crippen MR) is 92.0 cm³/mol. The summed E-state index contributed by atoms with van der Waals surface area (Å²) >= 11 is 0. The van der Waals surface area contributed by atoms with Gasteiger partial charge >= 0.3 is 0 Å². The van der Waals surface area contributed by atoms with Crippen LogP contribution in [0.3, 0.4) is 0 Å². The normalized spacial score (nSPS) is 11.3. The summed E-state index contributed by atoms with van der Waals surface area (Å²) in [4.78, 5) is 14.3. The number of nitrogens with two attached hydrogens (primary N) is 1. The number of anilines is 1. The molecule has 3 heteroatoms. The van der Waals surface area contributed by atoms with Crippen LogP contribution in [-0.4, -0.2) is 24.4 Å². The number of amides is 1. The van der Waals surface area contributed by atoms with Gasteiger partial charge in [0.15, 0.2) is 0 Å². The van der Waals surface area contributed by atoms with E-state index in [0.29, 0.717) is 17.8 Å². The zero-order chi connectivity index (χ0) is 16.3. The molecule has 0 aliphatic rings. The van der Waals surface area contributed by atoms with E-state index in [9.17, 15) is 4.79 Å². The van der Waals surface area contributed by atoms with Gasteiger partial charge in [-0.2, -0.15) is 0 Å². The van der Waals surface area contributed by atoms with Gasteiger partial charge in [0.05, 0.1) is 0 Å². The first-order valence-corrected chi connectivity index (χ1v) is 7.48. The van der Waals surface area contributed by atoms with Crippen LogP contribution in [0, 0.1) is 6.92 Å². The summed E-state index contributed by atoms with van der Waals surface area (Å²) < 4.78 is 0. The summed E-state index contributed by atoms with van der Waals surface area (Å²) in [5, 5.41) is 0. The summed E-state index contributed by atoms with van der Waals surface area (Å²) in [6, 6.07) is 15.6. The molecule has 0 saturated heterocycles. The fourth-order valence-electron chi connectivity index (χ4n) is 2.65. The average molecular weight is 296 g/mol. The highest BCUT2D eigenvalue weighted by atomic mass is 16.2. The van der Waals surface area contributed by atoms with Gasteiger partial charge in [-0.1, -0.05) is 49.7 Å². The molecule has 0 saturated carbocycles. The molecule has 0 heterocycles. The highest BCUT2D eigenvalue weighted by Gasteiger charge is 2.25. The number of rotatable bonds is 4. The highest BCUT2D eigenvalue weighted by Crippen LogP contribution is 2.25. The van der Waals surface area contributed by atoms with Crippen LogP contribution in [0.25, 0.3) is 0 Å². The number of carbonyl (C=O) groups is 1. The van der Waals surface area contributed by atoms with Crippen LogP contribution in [0.5, 0.6) is 0 Å². The van der Waals surface area contributed by atoms with E-state index >= 15 is 0 Å². The largest absolute Gasteiger partial charge is 0.399 e. The zero-order valence-corrected chi connectivity index (χ0v) is 13.8. The topological polar surface area (TPSA) is 46.3 Å². The molecule has 2 aromatic rings. The zero-order valence-electron chi connectivity index (χ0n) is 13.8. The lowest BCUT2D eigenvalue weighted by Crippen LogP contribution is -2.38. The molecule has 0 atom stereocenters. The number of nitrogens with zero attached hydrogens (tertiary/aromatic N) is 1. The Morgan fingerprint density at radius 2 is 1.77 bits per heavy atom. The van der Waals surface area contributed by atoms with E-state index in [1.165, 1.54) is 11.1 Å². The Bertz CT molecular complexity index is 659. The fourth-order valence-corrected chi connectivity index (χ4v) is 2.65. The van der Waals surface area contributed by atoms with Crippen LogP contribution < -0.4 is 5.73 Å². The van der Waals surface area contributed by atoms with Gasteiger partial charge in [0.25, 0.3) is 5.91 Å². The standard InChI is InChI=1S/C19H24N2O/c1-14-8-10-16(11-9-14)19(2,3)13-21(4)18(22)15-6-5-7-17(20)12-15/h5-12H,13,20H2,1-4H3. The van der Waals surface area contributed by atoms with E-state index in [-0.39, 0.29) is 11.3 Å². The smallest absolute Gasteiger partial charge is 0.253 e. The van der Waals surface area contributed by atoms with Gasteiger partial charge < -0.3 is 10.6 Å². The molecule has 0 aliphatic heterocycles. The van der Waals surface area contributed by atoms with Crippen molar-refractivity contribution in [3.8, 4) is 0 Å². The number of hydrogen-bond acceptors (Lipinski definition) is 2. The summed E-state index contributed by atoms with van der Waals surface area (Å²) in [6.07, 6.45) is 0. The molecule has 2 N–H and O–H groups in total. The Labute approximate surface area is 132 Å². The van der Waals surface area contributed by atoms with E-state index < -0.39 is 0 Å². The third-order valence-electron chi connectivity index (χ3n) is 3.95. The Morgan fingerprint density at radius 3 is 2.36 bits per heavy atom. The minimum absolute atomic E-state index is 0.00696. The van der Waals surface area contributed by atoms with Crippen molar-refractivity contribution in [2.75, 3.05) is 19.3 Å². The van der Waals surface area contributed by atoms with Crippen molar-refractivity contribution in [1.29, 1.82) is 0 Å².